The number of methoxy groups -OCH3 is 1. The molecule has 0 saturated heterocycles. The number of nitrogens with one attached hydrogen (secondary N) is 2. The van der Waals surface area contributed by atoms with Crippen LogP contribution in [0, 0.1) is 5.92 Å². The Bertz CT molecular complexity index is 252. The minimum atomic E-state index is -0.563. The van der Waals surface area contributed by atoms with Crippen molar-refractivity contribution in [1.82, 2.24) is 10.6 Å². The van der Waals surface area contributed by atoms with Crippen LogP contribution in [-0.4, -0.2) is 37.6 Å². The molecular formula is C12H24N2O3. The first-order chi connectivity index (χ1) is 7.88. The van der Waals surface area contributed by atoms with Gasteiger partial charge in [-0.25, -0.2) is 4.79 Å². The molecule has 1 atom stereocenters. The first-order valence-corrected chi connectivity index (χ1v) is 5.99. The highest BCUT2D eigenvalue weighted by atomic mass is 16.5. The first kappa shape index (κ1) is 15.9. The molecule has 0 aromatic heterocycles. The number of hydrogen-bond acceptors (Lipinski definition) is 4. The Morgan fingerprint density at radius 2 is 1.76 bits per heavy atom. The van der Waals surface area contributed by atoms with Crippen LogP contribution in [0.2, 0.25) is 0 Å². The average Bonchev–Trinajstić information content (AvgIpc) is 2.24. The molecule has 5 heteroatoms. The third kappa shape index (κ3) is 6.94. The van der Waals surface area contributed by atoms with E-state index in [2.05, 4.69) is 15.4 Å². The highest BCUT2D eigenvalue weighted by Crippen LogP contribution is 2.03. The molecule has 0 rings (SSSR count). The minimum Gasteiger partial charge on any atom is -0.467 e. The topological polar surface area (TPSA) is 67.4 Å². The van der Waals surface area contributed by atoms with E-state index in [0.29, 0.717) is 19.0 Å². The zero-order valence-corrected chi connectivity index (χ0v) is 11.4. The van der Waals surface area contributed by atoms with Gasteiger partial charge in [0.05, 0.1) is 7.11 Å². The molecular weight excluding hydrogens is 220 g/mol. The predicted octanol–water partition coefficient (Wildman–Crippen LogP) is 0.688. The van der Waals surface area contributed by atoms with Crippen LogP contribution in [-0.2, 0) is 14.3 Å². The Balaban J connectivity index is 4.09. The van der Waals surface area contributed by atoms with Crippen molar-refractivity contribution in [3.8, 4) is 0 Å². The molecule has 0 aromatic carbocycles. The highest BCUT2D eigenvalue weighted by Gasteiger charge is 2.24. The largest absolute Gasteiger partial charge is 0.467 e. The van der Waals surface area contributed by atoms with Gasteiger partial charge in [-0.2, -0.15) is 0 Å². The summed E-state index contributed by atoms with van der Waals surface area (Å²) in [5.74, 6) is -0.517. The fraction of sp³-hybridized carbons (Fsp3) is 0.833. The summed E-state index contributed by atoms with van der Waals surface area (Å²) < 4.78 is 4.65. The van der Waals surface area contributed by atoms with Crippen molar-refractivity contribution in [1.29, 1.82) is 0 Å². The summed E-state index contributed by atoms with van der Waals surface area (Å²) in [5.41, 5.74) is 0. The SMILES string of the molecule is COC(=O)C(NC(=O)CCNC(C)C)C(C)C. The van der Waals surface area contributed by atoms with Crippen LogP contribution in [0.5, 0.6) is 0 Å². The Kier molecular flexibility index (Phi) is 7.54. The molecule has 0 aromatic rings. The van der Waals surface area contributed by atoms with Gasteiger partial charge in [-0.15, -0.1) is 0 Å². The maximum Gasteiger partial charge on any atom is 0.328 e. The molecule has 0 spiro atoms. The molecule has 0 aliphatic rings. The Labute approximate surface area is 103 Å². The maximum atomic E-state index is 11.6. The first-order valence-electron chi connectivity index (χ1n) is 5.99. The van der Waals surface area contributed by atoms with Gasteiger partial charge in [0.15, 0.2) is 0 Å². The van der Waals surface area contributed by atoms with Gasteiger partial charge >= 0.3 is 5.97 Å². The van der Waals surface area contributed by atoms with E-state index in [1.54, 1.807) is 0 Å². The van der Waals surface area contributed by atoms with Crippen LogP contribution in [0.1, 0.15) is 34.1 Å². The summed E-state index contributed by atoms with van der Waals surface area (Å²) in [6.45, 7) is 8.38. The molecule has 100 valence electrons. The van der Waals surface area contributed by atoms with Gasteiger partial charge in [0, 0.05) is 19.0 Å². The van der Waals surface area contributed by atoms with E-state index in [-0.39, 0.29) is 11.8 Å². The molecule has 2 N–H and O–H groups in total. The predicted molar refractivity (Wildman–Crippen MR) is 66.5 cm³/mol. The van der Waals surface area contributed by atoms with E-state index in [1.807, 2.05) is 27.7 Å². The van der Waals surface area contributed by atoms with Crippen LogP contribution >= 0.6 is 0 Å². The summed E-state index contributed by atoms with van der Waals surface area (Å²) in [6, 6.07) is -0.212. The number of esters is 1. The van der Waals surface area contributed by atoms with Crippen molar-refractivity contribution in [2.24, 2.45) is 5.92 Å². The van der Waals surface area contributed by atoms with Crippen molar-refractivity contribution in [3.63, 3.8) is 0 Å². The van der Waals surface area contributed by atoms with Gasteiger partial charge in [0.25, 0.3) is 0 Å². The van der Waals surface area contributed by atoms with E-state index >= 15 is 0 Å². The third-order valence-electron chi connectivity index (χ3n) is 2.34. The quantitative estimate of drug-likeness (QED) is 0.647. The molecule has 1 unspecified atom stereocenters. The zero-order chi connectivity index (χ0) is 13.4. The van der Waals surface area contributed by atoms with Crippen molar-refractivity contribution < 1.29 is 14.3 Å². The van der Waals surface area contributed by atoms with E-state index < -0.39 is 12.0 Å². The maximum absolute atomic E-state index is 11.6. The number of carbonyl (C=O) groups excluding carboxylic acids is 2. The van der Waals surface area contributed by atoms with Gasteiger partial charge in [-0.05, 0) is 5.92 Å². The van der Waals surface area contributed by atoms with Crippen molar-refractivity contribution in [2.75, 3.05) is 13.7 Å². The van der Waals surface area contributed by atoms with E-state index in [0.717, 1.165) is 0 Å². The fourth-order valence-corrected chi connectivity index (χ4v) is 1.34. The lowest BCUT2D eigenvalue weighted by atomic mass is 10.0. The Morgan fingerprint density at radius 1 is 1.18 bits per heavy atom. The van der Waals surface area contributed by atoms with Gasteiger partial charge in [-0.1, -0.05) is 27.7 Å². The number of ether oxygens (including phenoxy) is 1. The van der Waals surface area contributed by atoms with E-state index in [1.165, 1.54) is 7.11 Å². The monoisotopic (exact) mass is 244 g/mol. The molecule has 0 aliphatic carbocycles. The number of hydrogen-bond donors (Lipinski definition) is 2. The lowest BCUT2D eigenvalue weighted by Gasteiger charge is -2.20. The van der Waals surface area contributed by atoms with Crippen LogP contribution in [0.25, 0.3) is 0 Å². The van der Waals surface area contributed by atoms with E-state index in [4.69, 9.17) is 0 Å². The lowest BCUT2D eigenvalue weighted by molar-refractivity contribution is -0.146. The number of amides is 1. The molecule has 5 nitrogen and oxygen atoms in total. The van der Waals surface area contributed by atoms with Gasteiger partial charge in [-0.3, -0.25) is 4.79 Å². The fourth-order valence-electron chi connectivity index (χ4n) is 1.34. The molecule has 0 radical (unpaired) electrons. The zero-order valence-electron chi connectivity index (χ0n) is 11.4. The lowest BCUT2D eigenvalue weighted by Crippen LogP contribution is -2.45. The normalized spacial score (nSPS) is 12.6. The Hall–Kier alpha value is -1.10. The second kappa shape index (κ2) is 8.06. The molecule has 0 fully saturated rings. The van der Waals surface area contributed by atoms with Crippen molar-refractivity contribution >= 4 is 11.9 Å². The summed E-state index contributed by atoms with van der Waals surface area (Å²) in [7, 11) is 1.32. The van der Waals surface area contributed by atoms with Crippen LogP contribution in [0.3, 0.4) is 0 Å². The van der Waals surface area contributed by atoms with Crippen molar-refractivity contribution in [3.05, 3.63) is 0 Å². The Morgan fingerprint density at radius 3 is 2.18 bits per heavy atom. The standard InChI is InChI=1S/C12H24N2O3/c1-8(2)11(12(16)17-5)14-10(15)6-7-13-9(3)4/h8-9,11,13H,6-7H2,1-5H3,(H,14,15). The smallest absolute Gasteiger partial charge is 0.328 e. The molecule has 0 saturated carbocycles. The van der Waals surface area contributed by atoms with Gasteiger partial charge < -0.3 is 15.4 Å². The summed E-state index contributed by atoms with van der Waals surface area (Å²) in [5, 5.41) is 5.83. The molecule has 0 heterocycles. The minimum absolute atomic E-state index is 0.0180. The van der Waals surface area contributed by atoms with Crippen LogP contribution < -0.4 is 10.6 Å². The summed E-state index contributed by atoms with van der Waals surface area (Å²) in [6.07, 6.45) is 0.360. The van der Waals surface area contributed by atoms with E-state index in [9.17, 15) is 9.59 Å². The number of carbonyl (C=O) groups is 2. The van der Waals surface area contributed by atoms with Crippen molar-refractivity contribution in [2.45, 2.75) is 46.2 Å². The molecule has 1 amide bonds. The highest BCUT2D eigenvalue weighted by molar-refractivity contribution is 5.84. The van der Waals surface area contributed by atoms with Crippen LogP contribution in [0.4, 0.5) is 0 Å². The molecule has 17 heavy (non-hydrogen) atoms. The third-order valence-corrected chi connectivity index (χ3v) is 2.34. The van der Waals surface area contributed by atoms with Crippen LogP contribution in [0.15, 0.2) is 0 Å². The molecule has 0 bridgehead atoms. The molecule has 0 aliphatic heterocycles. The second-order valence-electron chi connectivity index (χ2n) is 4.67. The number of rotatable bonds is 7. The summed E-state index contributed by atoms with van der Waals surface area (Å²) in [4.78, 5) is 23.0. The van der Waals surface area contributed by atoms with Gasteiger partial charge in [0.2, 0.25) is 5.91 Å². The second-order valence-corrected chi connectivity index (χ2v) is 4.67. The summed E-state index contributed by atoms with van der Waals surface area (Å²) >= 11 is 0. The average molecular weight is 244 g/mol. The van der Waals surface area contributed by atoms with Gasteiger partial charge in [0.1, 0.15) is 6.04 Å².